The third-order valence-corrected chi connectivity index (χ3v) is 5.79. The van der Waals surface area contributed by atoms with Gasteiger partial charge in [-0.05, 0) is 64.5 Å². The first kappa shape index (κ1) is 24.3. The van der Waals surface area contributed by atoms with Gasteiger partial charge in [0, 0.05) is 18.8 Å². The van der Waals surface area contributed by atoms with Crippen LogP contribution in [-0.4, -0.2) is 48.6 Å². The zero-order valence-electron chi connectivity index (χ0n) is 19.8. The molecule has 0 bridgehead atoms. The molecule has 0 spiro atoms. The molecule has 0 atom stereocenters. The van der Waals surface area contributed by atoms with Crippen LogP contribution in [0.25, 0.3) is 17.2 Å². The number of nitro groups is 1. The first-order chi connectivity index (χ1) is 16.6. The number of imidazole rings is 1. The number of hydrogen-bond acceptors (Lipinski definition) is 8. The number of ether oxygens (including phenoxy) is 1. The van der Waals surface area contributed by atoms with Crippen LogP contribution in [0, 0.1) is 21.8 Å². The van der Waals surface area contributed by atoms with Gasteiger partial charge in [0.05, 0.1) is 11.1 Å². The molecule has 2 N–H and O–H groups in total. The lowest BCUT2D eigenvalue weighted by molar-refractivity contribution is -0.384. The number of rotatable bonds is 6. The number of fused-ring (bicyclic) bond motifs is 1. The van der Waals surface area contributed by atoms with Crippen molar-refractivity contribution in [2.24, 2.45) is 5.92 Å². The van der Waals surface area contributed by atoms with Crippen molar-refractivity contribution >= 4 is 23.2 Å². The average Bonchev–Trinajstić information content (AvgIpc) is 3.20. The van der Waals surface area contributed by atoms with E-state index < -0.39 is 22.4 Å². The third-order valence-electron chi connectivity index (χ3n) is 5.79. The molecule has 3 aromatic rings. The molecular weight excluding hydrogens is 457 g/mol. The van der Waals surface area contributed by atoms with Gasteiger partial charge in [0.15, 0.2) is 5.82 Å². The van der Waals surface area contributed by atoms with E-state index in [0.717, 1.165) is 31.9 Å². The Hall–Kier alpha value is -3.83. The summed E-state index contributed by atoms with van der Waals surface area (Å²) in [5.41, 5.74) is 0.154. The molecular formula is C23H28FN7O4. The number of halogens is 1. The number of aromatic nitrogens is 4. The second-order valence-corrected chi connectivity index (χ2v) is 9.65. The Labute approximate surface area is 201 Å². The summed E-state index contributed by atoms with van der Waals surface area (Å²) in [5, 5.41) is 17.6. The number of nitrogens with zero attached hydrogens (tertiary/aromatic N) is 5. The van der Waals surface area contributed by atoms with E-state index in [1.807, 2.05) is 20.8 Å². The van der Waals surface area contributed by atoms with Crippen LogP contribution in [-0.2, 0) is 4.74 Å². The normalized spacial score (nSPS) is 18.3. The van der Waals surface area contributed by atoms with E-state index >= 15 is 0 Å². The van der Waals surface area contributed by atoms with Gasteiger partial charge in [0.1, 0.15) is 29.0 Å². The summed E-state index contributed by atoms with van der Waals surface area (Å²) in [5.74, 6) is 0.160. The van der Waals surface area contributed by atoms with Gasteiger partial charge in [-0.25, -0.2) is 24.1 Å². The number of alkyl carbamates (subject to hydrolysis) is 1. The Morgan fingerprint density at radius 3 is 2.66 bits per heavy atom. The molecule has 35 heavy (non-hydrogen) atoms. The van der Waals surface area contributed by atoms with Crippen molar-refractivity contribution in [3.63, 3.8) is 0 Å². The fourth-order valence-corrected chi connectivity index (χ4v) is 4.10. The third kappa shape index (κ3) is 6.00. The summed E-state index contributed by atoms with van der Waals surface area (Å²) >= 11 is 0. The quantitative estimate of drug-likeness (QED) is 0.389. The van der Waals surface area contributed by atoms with E-state index in [0.29, 0.717) is 23.8 Å². The fraction of sp³-hybridized carbons (Fsp3) is 0.478. The Morgan fingerprint density at radius 2 is 1.97 bits per heavy atom. The van der Waals surface area contributed by atoms with Crippen LogP contribution in [0.15, 0.2) is 30.7 Å². The molecule has 1 saturated carbocycles. The Kier molecular flexibility index (Phi) is 6.81. The van der Waals surface area contributed by atoms with Gasteiger partial charge in [-0.1, -0.05) is 0 Å². The van der Waals surface area contributed by atoms with Crippen LogP contribution in [0.1, 0.15) is 46.5 Å². The predicted octanol–water partition coefficient (Wildman–Crippen LogP) is 4.33. The number of anilines is 1. The molecule has 0 aromatic carbocycles. The lowest BCUT2D eigenvalue weighted by Gasteiger charge is -2.29. The van der Waals surface area contributed by atoms with Crippen LogP contribution < -0.4 is 10.6 Å². The molecule has 12 heteroatoms. The maximum absolute atomic E-state index is 13.8. The maximum Gasteiger partial charge on any atom is 0.407 e. The second kappa shape index (κ2) is 9.80. The van der Waals surface area contributed by atoms with Gasteiger partial charge in [-0.2, -0.15) is 0 Å². The van der Waals surface area contributed by atoms with Crippen LogP contribution in [0.4, 0.5) is 20.7 Å². The summed E-state index contributed by atoms with van der Waals surface area (Å²) in [6, 6.07) is 2.81. The van der Waals surface area contributed by atoms with Crippen LogP contribution in [0.3, 0.4) is 0 Å². The fourth-order valence-electron chi connectivity index (χ4n) is 4.10. The molecule has 0 radical (unpaired) electrons. The predicted molar refractivity (Wildman–Crippen MR) is 126 cm³/mol. The van der Waals surface area contributed by atoms with Gasteiger partial charge in [-0.15, -0.1) is 0 Å². The van der Waals surface area contributed by atoms with Gasteiger partial charge >= 0.3 is 11.8 Å². The highest BCUT2D eigenvalue weighted by Crippen LogP contribution is 2.30. The van der Waals surface area contributed by atoms with Crippen molar-refractivity contribution < 1.29 is 18.8 Å². The topological polar surface area (TPSA) is 137 Å². The smallest absolute Gasteiger partial charge is 0.407 e. The Balaban J connectivity index is 1.43. The molecule has 1 aliphatic rings. The van der Waals surface area contributed by atoms with E-state index in [1.54, 1.807) is 0 Å². The number of carbonyl (C=O) groups excluding carboxylic acids is 1. The first-order valence-electron chi connectivity index (χ1n) is 11.5. The van der Waals surface area contributed by atoms with E-state index in [2.05, 4.69) is 25.6 Å². The van der Waals surface area contributed by atoms with Crippen molar-refractivity contribution in [2.75, 3.05) is 11.9 Å². The summed E-state index contributed by atoms with van der Waals surface area (Å²) in [6.45, 7) is 5.96. The minimum Gasteiger partial charge on any atom is -0.444 e. The van der Waals surface area contributed by atoms with E-state index in [1.165, 1.54) is 28.9 Å². The molecule has 0 saturated heterocycles. The average molecular weight is 486 g/mol. The second-order valence-electron chi connectivity index (χ2n) is 9.65. The molecule has 1 aliphatic carbocycles. The highest BCUT2D eigenvalue weighted by atomic mass is 19.1. The van der Waals surface area contributed by atoms with Gasteiger partial charge < -0.3 is 15.4 Å². The van der Waals surface area contributed by atoms with Crippen molar-refractivity contribution in [1.29, 1.82) is 0 Å². The monoisotopic (exact) mass is 485 g/mol. The van der Waals surface area contributed by atoms with Crippen LogP contribution in [0.5, 0.6) is 0 Å². The van der Waals surface area contributed by atoms with Gasteiger partial charge in [0.2, 0.25) is 5.82 Å². The van der Waals surface area contributed by atoms with Crippen molar-refractivity contribution in [3.8, 4) is 11.5 Å². The molecule has 0 aliphatic heterocycles. The number of hydrogen-bond donors (Lipinski definition) is 2. The van der Waals surface area contributed by atoms with Gasteiger partial charge in [-0.3, -0.25) is 14.5 Å². The zero-order valence-corrected chi connectivity index (χ0v) is 19.8. The highest BCUT2D eigenvalue weighted by Gasteiger charge is 2.26. The number of nitrogens with one attached hydrogen (secondary N) is 2. The molecule has 1 fully saturated rings. The van der Waals surface area contributed by atoms with Crippen LogP contribution in [0.2, 0.25) is 0 Å². The van der Waals surface area contributed by atoms with Crippen molar-refractivity contribution in [2.45, 2.75) is 58.1 Å². The largest absolute Gasteiger partial charge is 0.444 e. The molecule has 4 rings (SSSR count). The molecule has 0 unspecified atom stereocenters. The Morgan fingerprint density at radius 1 is 1.23 bits per heavy atom. The lowest BCUT2D eigenvalue weighted by atomic mass is 9.86. The molecule has 1 amide bonds. The summed E-state index contributed by atoms with van der Waals surface area (Å²) < 4.78 is 20.5. The van der Waals surface area contributed by atoms with E-state index in [4.69, 9.17) is 4.74 Å². The highest BCUT2D eigenvalue weighted by molar-refractivity contribution is 5.67. The molecule has 186 valence electrons. The number of pyridine rings is 1. The standard InChI is InChI=1S/C23H28FN7O4/c1-23(2,3)35-22(32)27-10-14-4-7-16(8-5-14)28-21-18(31(33)34)12-26-20(29-21)17-11-25-19-9-6-15(24)13-30(17)19/h6,9,11-14,16H,4-5,7-8,10H2,1-3H3,(H,27,32)(H,26,28,29). The molecule has 3 heterocycles. The van der Waals surface area contributed by atoms with Crippen molar-refractivity contribution in [3.05, 3.63) is 46.7 Å². The molecule has 3 aromatic heterocycles. The summed E-state index contributed by atoms with van der Waals surface area (Å²) in [4.78, 5) is 35.7. The zero-order chi connectivity index (χ0) is 25.2. The van der Waals surface area contributed by atoms with E-state index in [-0.39, 0.29) is 23.4 Å². The van der Waals surface area contributed by atoms with E-state index in [9.17, 15) is 19.3 Å². The minimum atomic E-state index is -0.547. The van der Waals surface area contributed by atoms with Crippen LogP contribution >= 0.6 is 0 Å². The van der Waals surface area contributed by atoms with Gasteiger partial charge in [0.25, 0.3) is 0 Å². The Bertz CT molecular complexity index is 1230. The van der Waals surface area contributed by atoms with Crippen molar-refractivity contribution in [1.82, 2.24) is 24.7 Å². The SMILES string of the molecule is CC(C)(C)OC(=O)NCC1CCC(Nc2nc(-c3cnc4ccc(F)cn34)ncc2[N+](=O)[O-])CC1. The maximum atomic E-state index is 13.8. The number of amides is 1. The summed E-state index contributed by atoms with van der Waals surface area (Å²) in [6.07, 6.45) is 6.69. The summed E-state index contributed by atoms with van der Waals surface area (Å²) in [7, 11) is 0. The first-order valence-corrected chi connectivity index (χ1v) is 11.5. The lowest BCUT2D eigenvalue weighted by Crippen LogP contribution is -2.37. The minimum absolute atomic E-state index is 0.0196. The number of carbonyl (C=O) groups is 1. The molecule has 11 nitrogen and oxygen atoms in total.